The summed E-state index contributed by atoms with van der Waals surface area (Å²) in [5.74, 6) is 1.76. The molecule has 0 bridgehead atoms. The predicted molar refractivity (Wildman–Crippen MR) is 134 cm³/mol. The van der Waals surface area contributed by atoms with E-state index in [-0.39, 0.29) is 12.5 Å². The monoisotopic (exact) mass is 455 g/mol. The molecular formula is C24H33N5O2S. The summed E-state index contributed by atoms with van der Waals surface area (Å²) < 4.78 is 3.27. The predicted octanol–water partition coefficient (Wildman–Crippen LogP) is 4.59. The molecule has 2 fully saturated rings. The minimum Gasteiger partial charge on any atom is -0.395 e. The quantitative estimate of drug-likeness (QED) is 0.308. The molecule has 1 aromatic carbocycles. The Labute approximate surface area is 194 Å². The molecule has 1 aromatic heterocycles. The lowest BCUT2D eigenvalue weighted by Crippen LogP contribution is -2.35. The third-order valence-corrected chi connectivity index (χ3v) is 7.06. The number of benzene rings is 1. The maximum absolute atomic E-state index is 13.3. The minimum atomic E-state index is -0.151. The maximum Gasteiger partial charge on any atom is 0.258 e. The van der Waals surface area contributed by atoms with E-state index in [0.717, 1.165) is 43.2 Å². The molecular weight excluding hydrogens is 422 g/mol. The fraction of sp³-hybridized carbons (Fsp3) is 0.500. The van der Waals surface area contributed by atoms with Crippen LogP contribution in [0, 0.1) is 5.41 Å². The van der Waals surface area contributed by atoms with Gasteiger partial charge in [-0.25, -0.2) is 4.98 Å². The van der Waals surface area contributed by atoms with Crippen molar-refractivity contribution in [2.24, 2.45) is 5.41 Å². The van der Waals surface area contributed by atoms with Crippen LogP contribution in [0.25, 0.3) is 0 Å². The number of aliphatic hydroxyl groups excluding tert-OH is 1. The lowest BCUT2D eigenvalue weighted by molar-refractivity contribution is 0.102. The summed E-state index contributed by atoms with van der Waals surface area (Å²) in [5.41, 5.74) is 3.11. The third-order valence-electron chi connectivity index (χ3n) is 6.29. The van der Waals surface area contributed by atoms with E-state index in [9.17, 15) is 4.79 Å². The van der Waals surface area contributed by atoms with E-state index in [1.165, 1.54) is 37.6 Å². The van der Waals surface area contributed by atoms with Crippen molar-refractivity contribution in [2.45, 2.75) is 39.0 Å². The smallest absolute Gasteiger partial charge is 0.258 e. The van der Waals surface area contributed by atoms with Gasteiger partial charge < -0.3 is 25.4 Å². The van der Waals surface area contributed by atoms with Crippen LogP contribution in [0.4, 0.5) is 23.0 Å². The van der Waals surface area contributed by atoms with Crippen LogP contribution in [-0.2, 0) is 0 Å². The van der Waals surface area contributed by atoms with Crippen LogP contribution in [0.5, 0.6) is 0 Å². The molecule has 1 aliphatic carbocycles. The molecule has 2 heterocycles. The van der Waals surface area contributed by atoms with E-state index in [4.69, 9.17) is 5.11 Å². The Hall–Kier alpha value is -2.45. The molecule has 32 heavy (non-hydrogen) atoms. The average Bonchev–Trinajstić information content (AvgIpc) is 3.57. The number of hydrogen-bond acceptors (Lipinski definition) is 7. The lowest BCUT2D eigenvalue weighted by atomic mass is 9.93. The van der Waals surface area contributed by atoms with Crippen molar-refractivity contribution in [1.82, 2.24) is 4.98 Å². The fourth-order valence-electron chi connectivity index (χ4n) is 4.17. The van der Waals surface area contributed by atoms with E-state index in [1.54, 1.807) is 0 Å². The Morgan fingerprint density at radius 2 is 1.94 bits per heavy atom. The summed E-state index contributed by atoms with van der Waals surface area (Å²) in [6, 6.07) is 11.5. The first-order valence-electron chi connectivity index (χ1n) is 11.5. The van der Waals surface area contributed by atoms with Crippen LogP contribution in [-0.4, -0.2) is 48.0 Å². The van der Waals surface area contributed by atoms with Crippen LogP contribution in [0.15, 0.2) is 36.4 Å². The molecule has 2 aromatic rings. The Morgan fingerprint density at radius 1 is 1.16 bits per heavy atom. The zero-order valence-corrected chi connectivity index (χ0v) is 19.5. The molecule has 0 radical (unpaired) electrons. The molecule has 8 heteroatoms. The second-order valence-corrected chi connectivity index (χ2v) is 9.58. The number of nitrogens with zero attached hydrogens (tertiary/aromatic N) is 2. The number of piperidine rings is 1. The van der Waals surface area contributed by atoms with Gasteiger partial charge in [0.25, 0.3) is 5.91 Å². The fourth-order valence-corrected chi connectivity index (χ4v) is 4.65. The van der Waals surface area contributed by atoms with Crippen molar-refractivity contribution < 1.29 is 9.90 Å². The standard InChI is InChI=1S/C24H33N5O2S/c1-2-12-25-21-4-3-5-22(26-21)27-23(31)19-7-6-18(28-32-16-15-30)17-20(19)29-13-10-24(8-9-24)11-14-29/h3-7,17,28,30H,2,8-16H2,1H3,(H2,25,26,27,31). The summed E-state index contributed by atoms with van der Waals surface area (Å²) in [4.78, 5) is 20.1. The molecule has 1 amide bonds. The van der Waals surface area contributed by atoms with Crippen molar-refractivity contribution in [1.29, 1.82) is 0 Å². The van der Waals surface area contributed by atoms with Crippen molar-refractivity contribution in [3.63, 3.8) is 0 Å². The normalized spacial score (nSPS) is 16.6. The summed E-state index contributed by atoms with van der Waals surface area (Å²) in [7, 11) is 0. The van der Waals surface area contributed by atoms with Gasteiger partial charge in [0.2, 0.25) is 0 Å². The number of carbonyl (C=O) groups is 1. The average molecular weight is 456 g/mol. The lowest BCUT2D eigenvalue weighted by Gasteiger charge is -2.35. The highest BCUT2D eigenvalue weighted by Gasteiger charge is 2.44. The second kappa shape index (κ2) is 10.4. The number of anilines is 4. The third kappa shape index (κ3) is 5.66. The number of aromatic nitrogens is 1. The summed E-state index contributed by atoms with van der Waals surface area (Å²) in [5, 5.41) is 15.3. The van der Waals surface area contributed by atoms with Crippen molar-refractivity contribution >= 4 is 40.9 Å². The molecule has 4 N–H and O–H groups in total. The van der Waals surface area contributed by atoms with E-state index >= 15 is 0 Å². The highest BCUT2D eigenvalue weighted by Crippen LogP contribution is 2.54. The first kappa shape index (κ1) is 22.7. The van der Waals surface area contributed by atoms with E-state index in [0.29, 0.717) is 22.5 Å². The number of aliphatic hydroxyl groups is 1. The van der Waals surface area contributed by atoms with Gasteiger partial charge in [-0.05, 0) is 67.9 Å². The molecule has 1 saturated heterocycles. The van der Waals surface area contributed by atoms with Crippen molar-refractivity contribution in [3.8, 4) is 0 Å². The minimum absolute atomic E-state index is 0.123. The number of pyridine rings is 1. The van der Waals surface area contributed by atoms with Crippen molar-refractivity contribution in [2.75, 3.05) is 52.2 Å². The van der Waals surface area contributed by atoms with E-state index in [2.05, 4.69) is 38.2 Å². The van der Waals surface area contributed by atoms with Gasteiger partial charge in [-0.15, -0.1) is 0 Å². The summed E-state index contributed by atoms with van der Waals surface area (Å²) in [6.45, 7) is 5.02. The summed E-state index contributed by atoms with van der Waals surface area (Å²) >= 11 is 1.46. The van der Waals surface area contributed by atoms with Gasteiger partial charge in [0, 0.05) is 31.1 Å². The topological polar surface area (TPSA) is 89.5 Å². The highest BCUT2D eigenvalue weighted by atomic mass is 32.2. The number of amides is 1. The first-order valence-corrected chi connectivity index (χ1v) is 12.5. The maximum atomic E-state index is 13.3. The zero-order chi connectivity index (χ0) is 22.4. The van der Waals surface area contributed by atoms with E-state index in [1.807, 2.05) is 30.3 Å². The van der Waals surface area contributed by atoms with Crippen LogP contribution < -0.4 is 20.3 Å². The molecule has 0 atom stereocenters. The largest absolute Gasteiger partial charge is 0.395 e. The van der Waals surface area contributed by atoms with Crippen LogP contribution in [0.2, 0.25) is 0 Å². The molecule has 1 aliphatic heterocycles. The van der Waals surface area contributed by atoms with Gasteiger partial charge in [0.15, 0.2) is 0 Å². The van der Waals surface area contributed by atoms with Crippen LogP contribution >= 0.6 is 11.9 Å². The Morgan fingerprint density at radius 3 is 2.66 bits per heavy atom. The van der Waals surface area contributed by atoms with Gasteiger partial charge in [-0.1, -0.05) is 24.9 Å². The van der Waals surface area contributed by atoms with Gasteiger partial charge in [-0.3, -0.25) is 4.79 Å². The molecule has 7 nitrogen and oxygen atoms in total. The van der Waals surface area contributed by atoms with Crippen LogP contribution in [0.1, 0.15) is 49.4 Å². The molecule has 1 spiro atoms. The molecule has 0 unspecified atom stereocenters. The Kier molecular flexibility index (Phi) is 7.42. The van der Waals surface area contributed by atoms with Crippen LogP contribution in [0.3, 0.4) is 0 Å². The summed E-state index contributed by atoms with van der Waals surface area (Å²) in [6.07, 6.45) is 6.09. The van der Waals surface area contributed by atoms with Crippen molar-refractivity contribution in [3.05, 3.63) is 42.0 Å². The van der Waals surface area contributed by atoms with Gasteiger partial charge in [0.1, 0.15) is 11.6 Å². The number of nitrogens with one attached hydrogen (secondary N) is 3. The zero-order valence-electron chi connectivity index (χ0n) is 18.7. The van der Waals surface area contributed by atoms with Gasteiger partial charge in [0.05, 0.1) is 17.9 Å². The molecule has 1 saturated carbocycles. The molecule has 172 valence electrons. The Balaban J connectivity index is 1.52. The molecule has 4 rings (SSSR count). The first-order chi connectivity index (χ1) is 15.6. The van der Waals surface area contributed by atoms with Gasteiger partial charge >= 0.3 is 0 Å². The SMILES string of the molecule is CCCNc1cccc(NC(=O)c2ccc(NSCCO)cc2N2CCC3(CC2)CC3)n1. The molecule has 2 aliphatic rings. The van der Waals surface area contributed by atoms with E-state index < -0.39 is 0 Å². The number of carbonyl (C=O) groups excluding carboxylic acids is 1. The number of hydrogen-bond donors (Lipinski definition) is 4. The number of rotatable bonds is 10. The van der Waals surface area contributed by atoms with Gasteiger partial charge in [-0.2, -0.15) is 0 Å². The highest BCUT2D eigenvalue weighted by molar-refractivity contribution is 8.00. The Bertz CT molecular complexity index is 924. The second-order valence-electron chi connectivity index (χ2n) is 8.68.